The molecule has 0 saturated carbocycles. The highest BCUT2D eigenvalue weighted by Gasteiger charge is 2.08. The van der Waals surface area contributed by atoms with E-state index in [1.165, 1.54) is 16.3 Å². The molecule has 0 radical (unpaired) electrons. The summed E-state index contributed by atoms with van der Waals surface area (Å²) in [5, 5.41) is 4.74. The van der Waals surface area contributed by atoms with Crippen LogP contribution in [0.25, 0.3) is 32.7 Å². The number of ether oxygens (including phenoxy) is 1. The van der Waals surface area contributed by atoms with Crippen molar-refractivity contribution in [2.45, 2.75) is 12.5 Å². The molecule has 2 heterocycles. The number of benzene rings is 3. The molecule has 31 heavy (non-hydrogen) atoms. The zero-order chi connectivity index (χ0) is 21.0. The summed E-state index contributed by atoms with van der Waals surface area (Å²) >= 11 is 0. The van der Waals surface area contributed by atoms with Crippen molar-refractivity contribution < 1.29 is 4.74 Å². The second kappa shape index (κ2) is 8.54. The van der Waals surface area contributed by atoms with Crippen molar-refractivity contribution in [3.63, 3.8) is 0 Å². The second-order valence-electron chi connectivity index (χ2n) is 7.80. The summed E-state index contributed by atoms with van der Waals surface area (Å²) in [4.78, 5) is 8.53. The van der Waals surface area contributed by atoms with Crippen LogP contribution in [0, 0.1) is 0 Å². The Morgan fingerprint density at radius 2 is 1.55 bits per heavy atom. The molecular formula is C27H23N3O. The van der Waals surface area contributed by atoms with E-state index in [4.69, 9.17) is 10.5 Å². The molecule has 152 valence electrons. The first kappa shape index (κ1) is 19.2. The fourth-order valence-electron chi connectivity index (χ4n) is 3.85. The molecule has 0 aliphatic heterocycles. The van der Waals surface area contributed by atoms with Crippen LogP contribution in [-0.4, -0.2) is 22.6 Å². The Kier molecular flexibility index (Phi) is 5.29. The summed E-state index contributed by atoms with van der Waals surface area (Å²) in [6.07, 6.45) is 8.02. The van der Waals surface area contributed by atoms with E-state index in [2.05, 4.69) is 70.6 Å². The lowest BCUT2D eigenvalue weighted by Gasteiger charge is -2.14. The zero-order valence-electron chi connectivity index (χ0n) is 17.1. The van der Waals surface area contributed by atoms with Crippen LogP contribution < -0.4 is 10.5 Å². The number of hydrogen-bond acceptors (Lipinski definition) is 4. The molecule has 1 atom stereocenters. The lowest BCUT2D eigenvalue weighted by atomic mass is 10.0. The van der Waals surface area contributed by atoms with Gasteiger partial charge in [-0.2, -0.15) is 0 Å². The van der Waals surface area contributed by atoms with E-state index in [0.717, 1.165) is 34.1 Å². The molecule has 0 aliphatic rings. The van der Waals surface area contributed by atoms with E-state index in [9.17, 15) is 0 Å². The monoisotopic (exact) mass is 405 g/mol. The number of rotatable bonds is 6. The van der Waals surface area contributed by atoms with Crippen LogP contribution in [0.15, 0.2) is 97.6 Å². The van der Waals surface area contributed by atoms with Gasteiger partial charge >= 0.3 is 0 Å². The predicted octanol–water partition coefficient (Wildman–Crippen LogP) is 5.40. The Morgan fingerprint density at radius 1 is 0.710 bits per heavy atom. The number of fused-ring (bicyclic) bond motifs is 2. The highest BCUT2D eigenvalue weighted by molar-refractivity contribution is 5.86. The molecular weight excluding hydrogens is 382 g/mol. The Balaban J connectivity index is 1.26. The van der Waals surface area contributed by atoms with Crippen molar-refractivity contribution in [3.05, 3.63) is 103 Å². The molecule has 1 unspecified atom stereocenters. The highest BCUT2D eigenvalue weighted by Crippen LogP contribution is 2.26. The Bertz CT molecular complexity index is 1350. The van der Waals surface area contributed by atoms with E-state index < -0.39 is 0 Å². The van der Waals surface area contributed by atoms with Gasteiger partial charge < -0.3 is 10.5 Å². The molecule has 3 aromatic carbocycles. The number of nitrogens with two attached hydrogens (primary N) is 1. The van der Waals surface area contributed by atoms with Gasteiger partial charge in [-0.1, -0.05) is 54.6 Å². The first-order chi connectivity index (χ1) is 15.2. The minimum atomic E-state index is -0.0991. The number of hydrogen-bond donors (Lipinski definition) is 1. The first-order valence-corrected chi connectivity index (χ1v) is 10.4. The Labute approximate surface area is 181 Å². The van der Waals surface area contributed by atoms with Gasteiger partial charge in [0.05, 0.1) is 6.20 Å². The summed E-state index contributed by atoms with van der Waals surface area (Å²) in [5.41, 5.74) is 9.68. The summed E-state index contributed by atoms with van der Waals surface area (Å²) in [6.45, 7) is 0.432. The maximum atomic E-state index is 6.36. The van der Waals surface area contributed by atoms with Gasteiger partial charge in [-0.3, -0.25) is 9.97 Å². The Morgan fingerprint density at radius 3 is 2.48 bits per heavy atom. The molecule has 4 heteroatoms. The molecule has 0 aliphatic carbocycles. The largest absolute Gasteiger partial charge is 0.490 e. The quantitative estimate of drug-likeness (QED) is 0.411. The van der Waals surface area contributed by atoms with Crippen LogP contribution in [0.3, 0.4) is 0 Å². The van der Waals surface area contributed by atoms with Gasteiger partial charge in [-0.05, 0) is 51.9 Å². The van der Waals surface area contributed by atoms with E-state index in [0.29, 0.717) is 6.61 Å². The molecule has 0 fully saturated rings. The lowest BCUT2D eigenvalue weighted by Crippen LogP contribution is -2.30. The molecule has 2 aromatic heterocycles. The third-order valence-electron chi connectivity index (χ3n) is 5.46. The fraction of sp³-hybridized carbons (Fsp3) is 0.111. The molecule has 5 rings (SSSR count). The van der Waals surface area contributed by atoms with Crippen molar-refractivity contribution in [1.29, 1.82) is 0 Å². The molecule has 0 bridgehead atoms. The van der Waals surface area contributed by atoms with Gasteiger partial charge in [-0.15, -0.1) is 0 Å². The standard InChI is InChI=1S/C27H23N3O/c28-26(12-19-5-6-20-3-1-2-4-21(20)11-19)18-31-27-14-25(16-30-17-27)22-7-8-24-15-29-10-9-23(24)13-22/h1-11,13-17,26H,12,18,28H2. The lowest BCUT2D eigenvalue weighted by molar-refractivity contribution is 0.287. The third-order valence-corrected chi connectivity index (χ3v) is 5.46. The molecule has 5 aromatic rings. The maximum absolute atomic E-state index is 6.36. The van der Waals surface area contributed by atoms with Gasteiger partial charge in [-0.25, -0.2) is 0 Å². The number of nitrogens with zero attached hydrogens (tertiary/aromatic N) is 2. The van der Waals surface area contributed by atoms with Gasteiger partial charge in [0, 0.05) is 35.6 Å². The van der Waals surface area contributed by atoms with E-state index in [1.807, 2.05) is 24.5 Å². The van der Waals surface area contributed by atoms with Crippen LogP contribution in [0.2, 0.25) is 0 Å². The van der Waals surface area contributed by atoms with Crippen molar-refractivity contribution in [3.8, 4) is 16.9 Å². The number of aromatic nitrogens is 2. The average Bonchev–Trinajstić information content (AvgIpc) is 2.82. The van der Waals surface area contributed by atoms with E-state index in [-0.39, 0.29) is 6.04 Å². The van der Waals surface area contributed by atoms with Crippen LogP contribution in [0.1, 0.15) is 5.56 Å². The highest BCUT2D eigenvalue weighted by atomic mass is 16.5. The average molecular weight is 406 g/mol. The predicted molar refractivity (Wildman–Crippen MR) is 126 cm³/mol. The summed E-state index contributed by atoms with van der Waals surface area (Å²) in [5.74, 6) is 0.723. The topological polar surface area (TPSA) is 61.0 Å². The Hall–Kier alpha value is -3.76. The van der Waals surface area contributed by atoms with Crippen LogP contribution in [0.4, 0.5) is 0 Å². The van der Waals surface area contributed by atoms with Gasteiger partial charge in [0.1, 0.15) is 12.4 Å². The van der Waals surface area contributed by atoms with Gasteiger partial charge in [0.15, 0.2) is 0 Å². The van der Waals surface area contributed by atoms with Crippen LogP contribution in [0.5, 0.6) is 5.75 Å². The second-order valence-corrected chi connectivity index (χ2v) is 7.80. The summed E-state index contributed by atoms with van der Waals surface area (Å²) in [7, 11) is 0. The zero-order valence-corrected chi connectivity index (χ0v) is 17.1. The van der Waals surface area contributed by atoms with Gasteiger partial charge in [0.2, 0.25) is 0 Å². The first-order valence-electron chi connectivity index (χ1n) is 10.4. The van der Waals surface area contributed by atoms with Crippen molar-refractivity contribution in [2.75, 3.05) is 6.61 Å². The normalized spacial score (nSPS) is 12.2. The molecule has 2 N–H and O–H groups in total. The summed E-state index contributed by atoms with van der Waals surface area (Å²) < 4.78 is 5.98. The molecule has 0 saturated heterocycles. The maximum Gasteiger partial charge on any atom is 0.138 e. The number of pyridine rings is 2. The smallest absolute Gasteiger partial charge is 0.138 e. The van der Waals surface area contributed by atoms with E-state index in [1.54, 1.807) is 12.4 Å². The van der Waals surface area contributed by atoms with Crippen LogP contribution in [-0.2, 0) is 6.42 Å². The van der Waals surface area contributed by atoms with Crippen molar-refractivity contribution in [1.82, 2.24) is 9.97 Å². The van der Waals surface area contributed by atoms with Gasteiger partial charge in [0.25, 0.3) is 0 Å². The molecule has 0 amide bonds. The van der Waals surface area contributed by atoms with Crippen molar-refractivity contribution >= 4 is 21.5 Å². The summed E-state index contributed by atoms with van der Waals surface area (Å²) in [6, 6.07) is 25.1. The van der Waals surface area contributed by atoms with Crippen molar-refractivity contribution in [2.24, 2.45) is 5.73 Å². The van der Waals surface area contributed by atoms with Crippen LogP contribution >= 0.6 is 0 Å². The fourth-order valence-corrected chi connectivity index (χ4v) is 3.85. The molecule has 0 spiro atoms. The minimum Gasteiger partial charge on any atom is -0.490 e. The minimum absolute atomic E-state index is 0.0991. The van der Waals surface area contributed by atoms with E-state index >= 15 is 0 Å². The SMILES string of the molecule is NC(COc1cncc(-c2ccc3cnccc3c2)c1)Cc1ccc2ccccc2c1. The third kappa shape index (κ3) is 4.39. The molecule has 4 nitrogen and oxygen atoms in total.